The highest BCUT2D eigenvalue weighted by atomic mass is 32.2. The maximum Gasteiger partial charge on any atom is 0.214 e. The standard InChI is InChI=1S/C17H29NO2S/c1-3-5-6-7-11-14-17(4-2)21(19,20)18-15-16-12-9-8-10-13-16/h8-10,12-13,17-18H,3-7,11,14-15H2,1-2H3. The van der Waals surface area contributed by atoms with E-state index >= 15 is 0 Å². The van der Waals surface area contributed by atoms with Gasteiger partial charge < -0.3 is 0 Å². The second kappa shape index (κ2) is 9.96. The van der Waals surface area contributed by atoms with E-state index in [0.29, 0.717) is 13.0 Å². The second-order valence-electron chi connectivity index (χ2n) is 5.58. The molecule has 0 heterocycles. The molecule has 0 aliphatic rings. The lowest BCUT2D eigenvalue weighted by molar-refractivity contribution is 0.533. The van der Waals surface area contributed by atoms with Crippen LogP contribution >= 0.6 is 0 Å². The minimum Gasteiger partial charge on any atom is -0.212 e. The van der Waals surface area contributed by atoms with E-state index < -0.39 is 10.0 Å². The number of rotatable bonds is 11. The zero-order chi connectivity index (χ0) is 15.6. The fourth-order valence-corrected chi connectivity index (χ4v) is 3.97. The highest BCUT2D eigenvalue weighted by molar-refractivity contribution is 7.90. The first-order chi connectivity index (χ1) is 10.1. The van der Waals surface area contributed by atoms with Gasteiger partial charge in [-0.05, 0) is 18.4 Å². The zero-order valence-corrected chi connectivity index (χ0v) is 14.2. The van der Waals surface area contributed by atoms with Crippen molar-refractivity contribution in [2.75, 3.05) is 0 Å². The van der Waals surface area contributed by atoms with Gasteiger partial charge in [0.15, 0.2) is 0 Å². The summed E-state index contributed by atoms with van der Waals surface area (Å²) in [6.45, 7) is 4.53. The van der Waals surface area contributed by atoms with Crippen LogP contribution in [0.2, 0.25) is 0 Å². The topological polar surface area (TPSA) is 46.2 Å². The quantitative estimate of drug-likeness (QED) is 0.621. The number of hydrogen-bond acceptors (Lipinski definition) is 2. The Morgan fingerprint density at radius 3 is 2.29 bits per heavy atom. The summed E-state index contributed by atoms with van der Waals surface area (Å²) in [4.78, 5) is 0. The predicted molar refractivity (Wildman–Crippen MR) is 89.7 cm³/mol. The van der Waals surface area contributed by atoms with Crippen LogP contribution in [-0.4, -0.2) is 13.7 Å². The summed E-state index contributed by atoms with van der Waals surface area (Å²) >= 11 is 0. The largest absolute Gasteiger partial charge is 0.214 e. The fourth-order valence-electron chi connectivity index (χ4n) is 2.45. The lowest BCUT2D eigenvalue weighted by Gasteiger charge is -2.16. The van der Waals surface area contributed by atoms with E-state index in [1.54, 1.807) is 0 Å². The Bertz CT molecular complexity index is 471. The predicted octanol–water partition coefficient (Wildman–Crippen LogP) is 4.25. The van der Waals surface area contributed by atoms with Gasteiger partial charge >= 0.3 is 0 Å². The average Bonchev–Trinajstić information content (AvgIpc) is 2.50. The third-order valence-corrected chi connectivity index (χ3v) is 5.84. The lowest BCUT2D eigenvalue weighted by atomic mass is 10.1. The Kier molecular flexibility index (Phi) is 8.62. The monoisotopic (exact) mass is 311 g/mol. The van der Waals surface area contributed by atoms with Gasteiger partial charge in [-0.2, -0.15) is 0 Å². The number of nitrogens with one attached hydrogen (secondary N) is 1. The van der Waals surface area contributed by atoms with Crippen molar-refractivity contribution in [1.82, 2.24) is 4.72 Å². The highest BCUT2D eigenvalue weighted by Gasteiger charge is 2.22. The molecule has 1 atom stereocenters. The van der Waals surface area contributed by atoms with E-state index in [-0.39, 0.29) is 5.25 Å². The molecule has 0 aromatic heterocycles. The van der Waals surface area contributed by atoms with E-state index in [2.05, 4.69) is 11.6 Å². The summed E-state index contributed by atoms with van der Waals surface area (Å²) in [7, 11) is -3.21. The fraction of sp³-hybridized carbons (Fsp3) is 0.647. The van der Waals surface area contributed by atoms with Crippen LogP contribution < -0.4 is 4.72 Å². The molecule has 4 heteroatoms. The number of hydrogen-bond donors (Lipinski definition) is 1. The van der Waals surface area contributed by atoms with Crippen LogP contribution in [0, 0.1) is 0 Å². The molecule has 0 aliphatic heterocycles. The highest BCUT2D eigenvalue weighted by Crippen LogP contribution is 2.15. The maximum atomic E-state index is 12.3. The smallest absolute Gasteiger partial charge is 0.212 e. The van der Waals surface area contributed by atoms with E-state index in [4.69, 9.17) is 0 Å². The van der Waals surface area contributed by atoms with Gasteiger partial charge in [0, 0.05) is 6.54 Å². The van der Waals surface area contributed by atoms with E-state index in [1.165, 1.54) is 19.3 Å². The Balaban J connectivity index is 2.42. The first-order valence-electron chi connectivity index (χ1n) is 8.12. The van der Waals surface area contributed by atoms with E-state index in [1.807, 2.05) is 37.3 Å². The summed E-state index contributed by atoms with van der Waals surface area (Å²) in [5.41, 5.74) is 0.999. The molecule has 21 heavy (non-hydrogen) atoms. The lowest BCUT2D eigenvalue weighted by Crippen LogP contribution is -2.33. The van der Waals surface area contributed by atoms with Crippen molar-refractivity contribution >= 4 is 10.0 Å². The molecule has 1 N–H and O–H groups in total. The van der Waals surface area contributed by atoms with Gasteiger partial charge in [-0.3, -0.25) is 0 Å². The summed E-state index contributed by atoms with van der Waals surface area (Å²) in [5.74, 6) is 0. The Morgan fingerprint density at radius 1 is 1.00 bits per heavy atom. The third kappa shape index (κ3) is 7.09. The van der Waals surface area contributed by atoms with Crippen molar-refractivity contribution < 1.29 is 8.42 Å². The molecular weight excluding hydrogens is 282 g/mol. The molecular formula is C17H29NO2S. The van der Waals surface area contributed by atoms with Crippen LogP contribution in [0.5, 0.6) is 0 Å². The summed E-state index contributed by atoms with van der Waals surface area (Å²) in [6, 6.07) is 9.66. The molecule has 1 rings (SSSR count). The summed E-state index contributed by atoms with van der Waals surface area (Å²) < 4.78 is 27.4. The molecule has 0 aliphatic carbocycles. The Labute approximate surface area is 130 Å². The van der Waals surface area contributed by atoms with Crippen LogP contribution in [0.25, 0.3) is 0 Å². The van der Waals surface area contributed by atoms with Crippen molar-refractivity contribution in [2.24, 2.45) is 0 Å². The summed E-state index contributed by atoms with van der Waals surface area (Å²) in [6.07, 6.45) is 7.26. The minimum atomic E-state index is -3.21. The van der Waals surface area contributed by atoms with Crippen molar-refractivity contribution in [3.8, 4) is 0 Å². The summed E-state index contributed by atoms with van der Waals surface area (Å²) in [5, 5.41) is -0.261. The van der Waals surface area contributed by atoms with Gasteiger partial charge in [-0.25, -0.2) is 13.1 Å². The van der Waals surface area contributed by atoms with E-state index in [0.717, 1.165) is 24.8 Å². The van der Waals surface area contributed by atoms with Gasteiger partial charge in [0.05, 0.1) is 5.25 Å². The Hall–Kier alpha value is -0.870. The van der Waals surface area contributed by atoms with Gasteiger partial charge in [-0.15, -0.1) is 0 Å². The van der Waals surface area contributed by atoms with E-state index in [9.17, 15) is 8.42 Å². The van der Waals surface area contributed by atoms with Crippen molar-refractivity contribution in [2.45, 2.75) is 70.6 Å². The minimum absolute atomic E-state index is 0.261. The van der Waals surface area contributed by atoms with Crippen LogP contribution in [0.3, 0.4) is 0 Å². The molecule has 3 nitrogen and oxygen atoms in total. The molecule has 0 amide bonds. The second-order valence-corrected chi connectivity index (χ2v) is 7.63. The Morgan fingerprint density at radius 2 is 1.67 bits per heavy atom. The van der Waals surface area contributed by atoms with Gasteiger partial charge in [0.2, 0.25) is 10.0 Å². The molecule has 0 radical (unpaired) electrons. The molecule has 0 spiro atoms. The van der Waals surface area contributed by atoms with Crippen LogP contribution in [-0.2, 0) is 16.6 Å². The normalized spacial score (nSPS) is 13.2. The van der Waals surface area contributed by atoms with Gasteiger partial charge in [0.25, 0.3) is 0 Å². The van der Waals surface area contributed by atoms with Gasteiger partial charge in [0.1, 0.15) is 0 Å². The first kappa shape index (κ1) is 18.2. The van der Waals surface area contributed by atoms with Crippen LogP contribution in [0.4, 0.5) is 0 Å². The maximum absolute atomic E-state index is 12.3. The SMILES string of the molecule is CCCCCCCC(CC)S(=O)(=O)NCc1ccccc1. The van der Waals surface area contributed by atoms with Crippen LogP contribution in [0.1, 0.15) is 64.4 Å². The zero-order valence-electron chi connectivity index (χ0n) is 13.3. The number of unbranched alkanes of at least 4 members (excludes halogenated alkanes) is 4. The van der Waals surface area contributed by atoms with Gasteiger partial charge in [-0.1, -0.05) is 76.3 Å². The number of sulfonamides is 1. The average molecular weight is 311 g/mol. The molecule has 1 aromatic carbocycles. The third-order valence-electron chi connectivity index (χ3n) is 3.84. The van der Waals surface area contributed by atoms with Crippen LogP contribution in [0.15, 0.2) is 30.3 Å². The molecule has 1 aromatic rings. The number of benzene rings is 1. The first-order valence-corrected chi connectivity index (χ1v) is 9.67. The molecule has 120 valence electrons. The molecule has 1 unspecified atom stereocenters. The molecule has 0 fully saturated rings. The molecule has 0 saturated carbocycles. The van der Waals surface area contributed by atoms with Crippen molar-refractivity contribution in [3.63, 3.8) is 0 Å². The molecule has 0 saturated heterocycles. The van der Waals surface area contributed by atoms with Crippen molar-refractivity contribution in [1.29, 1.82) is 0 Å². The molecule has 0 bridgehead atoms. The van der Waals surface area contributed by atoms with Crippen molar-refractivity contribution in [3.05, 3.63) is 35.9 Å².